The van der Waals surface area contributed by atoms with Crippen molar-refractivity contribution in [1.82, 2.24) is 4.98 Å². The molecule has 2 heterocycles. The van der Waals surface area contributed by atoms with Crippen LogP contribution in [0.1, 0.15) is 40.6 Å². The predicted molar refractivity (Wildman–Crippen MR) is 74.7 cm³/mol. The second-order valence-corrected chi connectivity index (χ2v) is 6.59. The van der Waals surface area contributed by atoms with Crippen LogP contribution in [0.2, 0.25) is 0 Å². The standard InChI is InChI=1S/C13H16N2S2/c1-2-3-9(14)13-15-12-8-6-7-16-10(8)4-5-11(12)17-13/h6-7,9H,2-5,14H2,1H3. The second kappa shape index (κ2) is 4.52. The van der Waals surface area contributed by atoms with E-state index in [4.69, 9.17) is 10.7 Å². The molecule has 2 nitrogen and oxygen atoms in total. The number of thiazole rings is 1. The summed E-state index contributed by atoms with van der Waals surface area (Å²) in [6.07, 6.45) is 4.46. The van der Waals surface area contributed by atoms with E-state index in [-0.39, 0.29) is 6.04 Å². The van der Waals surface area contributed by atoms with Gasteiger partial charge in [-0.2, -0.15) is 0 Å². The molecule has 0 radical (unpaired) electrons. The first-order chi connectivity index (χ1) is 8.29. The van der Waals surface area contributed by atoms with Crippen molar-refractivity contribution < 1.29 is 0 Å². The molecule has 0 spiro atoms. The van der Waals surface area contributed by atoms with Gasteiger partial charge in [0.05, 0.1) is 11.7 Å². The van der Waals surface area contributed by atoms with Crippen LogP contribution in [-0.4, -0.2) is 4.98 Å². The molecule has 3 rings (SSSR count). The van der Waals surface area contributed by atoms with Crippen LogP contribution in [0, 0.1) is 0 Å². The van der Waals surface area contributed by atoms with Gasteiger partial charge in [-0.15, -0.1) is 22.7 Å². The number of rotatable bonds is 3. The maximum Gasteiger partial charge on any atom is 0.110 e. The lowest BCUT2D eigenvalue weighted by Gasteiger charge is -2.09. The van der Waals surface area contributed by atoms with Gasteiger partial charge in [0.15, 0.2) is 0 Å². The number of nitrogens with zero attached hydrogens (tertiary/aromatic N) is 1. The summed E-state index contributed by atoms with van der Waals surface area (Å²) < 4.78 is 0. The summed E-state index contributed by atoms with van der Waals surface area (Å²) in [7, 11) is 0. The predicted octanol–water partition coefficient (Wildman–Crippen LogP) is 3.77. The molecule has 2 aromatic rings. The number of fused-ring (bicyclic) bond motifs is 3. The Bertz CT molecular complexity index is 527. The monoisotopic (exact) mass is 264 g/mol. The van der Waals surface area contributed by atoms with E-state index >= 15 is 0 Å². The van der Waals surface area contributed by atoms with E-state index in [1.54, 1.807) is 0 Å². The molecule has 0 aliphatic heterocycles. The maximum atomic E-state index is 6.16. The molecule has 4 heteroatoms. The number of aromatic nitrogens is 1. The van der Waals surface area contributed by atoms with Crippen LogP contribution in [-0.2, 0) is 12.8 Å². The lowest BCUT2D eigenvalue weighted by Crippen LogP contribution is -2.09. The highest BCUT2D eigenvalue weighted by molar-refractivity contribution is 7.12. The highest BCUT2D eigenvalue weighted by Gasteiger charge is 2.23. The van der Waals surface area contributed by atoms with E-state index in [9.17, 15) is 0 Å². The van der Waals surface area contributed by atoms with Gasteiger partial charge in [0.25, 0.3) is 0 Å². The minimum absolute atomic E-state index is 0.123. The third-order valence-corrected chi connectivity index (χ3v) is 5.44. The van der Waals surface area contributed by atoms with E-state index in [1.807, 2.05) is 22.7 Å². The number of thiophene rings is 1. The molecule has 0 bridgehead atoms. The van der Waals surface area contributed by atoms with E-state index in [0.717, 1.165) is 24.3 Å². The molecule has 0 amide bonds. The summed E-state index contributed by atoms with van der Waals surface area (Å²) in [5, 5.41) is 3.29. The number of hydrogen-bond donors (Lipinski definition) is 1. The minimum atomic E-state index is 0.123. The van der Waals surface area contributed by atoms with Crippen LogP contribution < -0.4 is 5.73 Å². The average molecular weight is 264 g/mol. The van der Waals surface area contributed by atoms with Gasteiger partial charge in [-0.3, -0.25) is 0 Å². The normalized spacial score (nSPS) is 15.4. The molecule has 0 saturated heterocycles. The van der Waals surface area contributed by atoms with Crippen molar-refractivity contribution >= 4 is 22.7 Å². The fraction of sp³-hybridized carbons (Fsp3) is 0.462. The molecule has 1 atom stereocenters. The summed E-state index contributed by atoms with van der Waals surface area (Å²) in [5.41, 5.74) is 8.72. The van der Waals surface area contributed by atoms with E-state index < -0.39 is 0 Å². The van der Waals surface area contributed by atoms with Crippen molar-refractivity contribution in [3.05, 3.63) is 26.2 Å². The molecule has 0 saturated carbocycles. The Labute approximate surface area is 110 Å². The maximum absolute atomic E-state index is 6.16. The Balaban J connectivity index is 1.99. The first-order valence-corrected chi connectivity index (χ1v) is 7.81. The zero-order valence-electron chi connectivity index (χ0n) is 9.90. The molecule has 0 fully saturated rings. The Morgan fingerprint density at radius 2 is 2.24 bits per heavy atom. The summed E-state index contributed by atoms with van der Waals surface area (Å²) >= 11 is 3.67. The summed E-state index contributed by atoms with van der Waals surface area (Å²) in [6.45, 7) is 2.17. The zero-order chi connectivity index (χ0) is 11.8. The Kier molecular flexibility index (Phi) is 3.03. The van der Waals surface area contributed by atoms with Crippen molar-refractivity contribution in [3.63, 3.8) is 0 Å². The van der Waals surface area contributed by atoms with Crippen LogP contribution >= 0.6 is 22.7 Å². The van der Waals surface area contributed by atoms with E-state index in [0.29, 0.717) is 0 Å². The van der Waals surface area contributed by atoms with Gasteiger partial charge >= 0.3 is 0 Å². The van der Waals surface area contributed by atoms with Crippen molar-refractivity contribution in [3.8, 4) is 11.3 Å². The third-order valence-electron chi connectivity index (χ3n) is 3.21. The first-order valence-electron chi connectivity index (χ1n) is 6.11. The third kappa shape index (κ3) is 1.94. The molecule has 17 heavy (non-hydrogen) atoms. The highest BCUT2D eigenvalue weighted by Crippen LogP contribution is 2.40. The highest BCUT2D eigenvalue weighted by atomic mass is 32.1. The second-order valence-electron chi connectivity index (χ2n) is 4.48. The van der Waals surface area contributed by atoms with Crippen molar-refractivity contribution in [2.75, 3.05) is 0 Å². The molecule has 0 aromatic carbocycles. The quantitative estimate of drug-likeness (QED) is 0.916. The lowest BCUT2D eigenvalue weighted by atomic mass is 10.0. The molecule has 1 aliphatic rings. The number of aryl methyl sites for hydroxylation is 2. The van der Waals surface area contributed by atoms with Gasteiger partial charge in [-0.05, 0) is 30.7 Å². The van der Waals surface area contributed by atoms with Crippen LogP contribution in [0.4, 0.5) is 0 Å². The topological polar surface area (TPSA) is 38.9 Å². The van der Waals surface area contributed by atoms with Crippen molar-refractivity contribution in [2.24, 2.45) is 5.73 Å². The largest absolute Gasteiger partial charge is 0.322 e. The van der Waals surface area contributed by atoms with Crippen LogP contribution in [0.5, 0.6) is 0 Å². The van der Waals surface area contributed by atoms with Gasteiger partial charge in [-0.25, -0.2) is 4.98 Å². The molecule has 2 aromatic heterocycles. The van der Waals surface area contributed by atoms with Crippen LogP contribution in [0.25, 0.3) is 11.3 Å². The zero-order valence-corrected chi connectivity index (χ0v) is 11.5. The lowest BCUT2D eigenvalue weighted by molar-refractivity contribution is 0.635. The van der Waals surface area contributed by atoms with E-state index in [2.05, 4.69) is 18.4 Å². The number of hydrogen-bond acceptors (Lipinski definition) is 4. The van der Waals surface area contributed by atoms with Crippen LogP contribution in [0.3, 0.4) is 0 Å². The Morgan fingerprint density at radius 1 is 1.41 bits per heavy atom. The van der Waals surface area contributed by atoms with Gasteiger partial charge in [-0.1, -0.05) is 13.3 Å². The number of nitrogens with two attached hydrogens (primary N) is 1. The van der Waals surface area contributed by atoms with Crippen molar-refractivity contribution in [2.45, 2.75) is 38.6 Å². The summed E-state index contributed by atoms with van der Waals surface area (Å²) in [4.78, 5) is 7.70. The minimum Gasteiger partial charge on any atom is -0.322 e. The van der Waals surface area contributed by atoms with Gasteiger partial charge in [0.1, 0.15) is 5.01 Å². The van der Waals surface area contributed by atoms with Crippen LogP contribution in [0.15, 0.2) is 11.4 Å². The van der Waals surface area contributed by atoms with Gasteiger partial charge in [0.2, 0.25) is 0 Å². The SMILES string of the molecule is CCCC(N)c1nc2c(s1)CCc1sccc1-2. The fourth-order valence-corrected chi connectivity index (χ4v) is 4.31. The summed E-state index contributed by atoms with van der Waals surface area (Å²) in [6, 6.07) is 2.32. The molecular formula is C13H16N2S2. The summed E-state index contributed by atoms with van der Waals surface area (Å²) in [5.74, 6) is 0. The molecule has 2 N–H and O–H groups in total. The van der Waals surface area contributed by atoms with Crippen molar-refractivity contribution in [1.29, 1.82) is 0 Å². The molecule has 1 unspecified atom stereocenters. The average Bonchev–Trinajstić information content (AvgIpc) is 2.94. The van der Waals surface area contributed by atoms with Gasteiger partial charge in [0, 0.05) is 15.3 Å². The fourth-order valence-electron chi connectivity index (χ4n) is 2.32. The van der Waals surface area contributed by atoms with E-state index in [1.165, 1.54) is 27.4 Å². The molecule has 1 aliphatic carbocycles. The first kappa shape index (κ1) is 11.4. The molecular weight excluding hydrogens is 248 g/mol. The smallest absolute Gasteiger partial charge is 0.110 e. The van der Waals surface area contributed by atoms with Gasteiger partial charge < -0.3 is 5.73 Å². The molecule has 90 valence electrons. The Hall–Kier alpha value is -0.710. The Morgan fingerprint density at radius 3 is 3.06 bits per heavy atom.